The van der Waals surface area contributed by atoms with Gasteiger partial charge in [-0.2, -0.15) is 0 Å². The van der Waals surface area contributed by atoms with Crippen molar-refractivity contribution in [3.8, 4) is 0 Å². The number of unbranched alkanes of at least 4 members (excludes halogenated alkanes) is 9. The largest absolute Gasteiger partial charge is 0.481 e. The number of carboxylic acids is 1. The van der Waals surface area contributed by atoms with Gasteiger partial charge in [0.2, 0.25) is 0 Å². The lowest BCUT2D eigenvalue weighted by Gasteiger charge is -2.21. The van der Waals surface area contributed by atoms with Crippen LogP contribution in [0, 0.1) is 17.3 Å². The Morgan fingerprint density at radius 1 is 0.933 bits per heavy atom. The Kier molecular flexibility index (Phi) is 16.6. The molecule has 0 fully saturated rings. The van der Waals surface area contributed by atoms with E-state index in [1.807, 2.05) is 0 Å². The van der Waals surface area contributed by atoms with Crippen LogP contribution in [0.3, 0.4) is 0 Å². The summed E-state index contributed by atoms with van der Waals surface area (Å²) in [5, 5.41) is 9.25. The molecule has 0 rings (SSSR count). The van der Waals surface area contributed by atoms with Gasteiger partial charge in [0, 0.05) is 0 Å². The maximum absolute atomic E-state index is 12.2. The molecular formula is C26H48O4. The molecule has 0 aromatic carbocycles. The average molecular weight is 425 g/mol. The highest BCUT2D eigenvalue weighted by atomic mass is 16.5. The molecule has 1 N–H and O–H groups in total. The number of allylic oxidation sites excluding steroid dienone is 2. The van der Waals surface area contributed by atoms with Crippen molar-refractivity contribution in [3.63, 3.8) is 0 Å². The second kappa shape index (κ2) is 17.4. The highest BCUT2D eigenvalue weighted by Crippen LogP contribution is 2.26. The topological polar surface area (TPSA) is 63.6 Å². The predicted molar refractivity (Wildman–Crippen MR) is 126 cm³/mol. The smallest absolute Gasteiger partial charge is 0.309 e. The van der Waals surface area contributed by atoms with E-state index >= 15 is 0 Å². The number of aliphatic carboxylic acids is 1. The van der Waals surface area contributed by atoms with Crippen molar-refractivity contribution < 1.29 is 19.4 Å². The number of esters is 1. The summed E-state index contributed by atoms with van der Waals surface area (Å²) in [6.07, 6.45) is 19.2. The predicted octanol–water partition coefficient (Wildman–Crippen LogP) is 7.56. The molecule has 2 unspecified atom stereocenters. The molecule has 0 bridgehead atoms. The van der Waals surface area contributed by atoms with Crippen LogP contribution in [0.4, 0.5) is 0 Å². The highest BCUT2D eigenvalue weighted by Gasteiger charge is 2.29. The summed E-state index contributed by atoms with van der Waals surface area (Å²) in [4.78, 5) is 23.5. The van der Waals surface area contributed by atoms with Gasteiger partial charge in [-0.1, -0.05) is 97.6 Å². The SMILES string of the molecule is CCCCCCCC(/C=C/CCCCCCCC(C)(C)C)C(CC(=O)O)C(=O)OC. The lowest BCUT2D eigenvalue weighted by Crippen LogP contribution is -2.26. The first-order chi connectivity index (χ1) is 14.2. The molecule has 0 amide bonds. The minimum absolute atomic E-state index is 0.0537. The first-order valence-electron chi connectivity index (χ1n) is 12.2. The van der Waals surface area contributed by atoms with E-state index in [-0.39, 0.29) is 12.3 Å². The molecule has 176 valence electrons. The van der Waals surface area contributed by atoms with Crippen molar-refractivity contribution in [2.45, 2.75) is 118 Å². The third kappa shape index (κ3) is 16.5. The monoisotopic (exact) mass is 424 g/mol. The Morgan fingerprint density at radius 2 is 1.53 bits per heavy atom. The van der Waals surface area contributed by atoms with E-state index < -0.39 is 17.9 Å². The van der Waals surface area contributed by atoms with Gasteiger partial charge < -0.3 is 9.84 Å². The summed E-state index contributed by atoms with van der Waals surface area (Å²) in [5.74, 6) is -1.99. The summed E-state index contributed by atoms with van der Waals surface area (Å²) >= 11 is 0. The molecule has 0 aliphatic rings. The van der Waals surface area contributed by atoms with Gasteiger partial charge in [0.15, 0.2) is 0 Å². The molecule has 0 aromatic rings. The van der Waals surface area contributed by atoms with Crippen LogP contribution < -0.4 is 0 Å². The molecule has 0 aliphatic heterocycles. The van der Waals surface area contributed by atoms with Gasteiger partial charge >= 0.3 is 11.9 Å². The zero-order chi connectivity index (χ0) is 22.8. The fourth-order valence-corrected chi connectivity index (χ4v) is 3.88. The minimum Gasteiger partial charge on any atom is -0.481 e. The van der Waals surface area contributed by atoms with Crippen LogP contribution in [0.1, 0.15) is 118 Å². The quantitative estimate of drug-likeness (QED) is 0.140. The van der Waals surface area contributed by atoms with Crippen molar-refractivity contribution in [3.05, 3.63) is 12.2 Å². The van der Waals surface area contributed by atoms with E-state index in [1.165, 1.54) is 58.5 Å². The maximum atomic E-state index is 12.2. The normalized spacial score (nSPS) is 14.0. The molecule has 0 saturated carbocycles. The molecule has 0 aromatic heterocycles. The van der Waals surface area contributed by atoms with Gasteiger partial charge in [-0.25, -0.2) is 0 Å². The zero-order valence-corrected chi connectivity index (χ0v) is 20.4. The Balaban J connectivity index is 4.51. The Labute approximate surface area is 185 Å². The lowest BCUT2D eigenvalue weighted by molar-refractivity contribution is -0.152. The van der Waals surface area contributed by atoms with E-state index in [9.17, 15) is 14.7 Å². The number of methoxy groups -OCH3 is 1. The van der Waals surface area contributed by atoms with Crippen LogP contribution >= 0.6 is 0 Å². The summed E-state index contributed by atoms with van der Waals surface area (Å²) in [6.45, 7) is 9.08. The van der Waals surface area contributed by atoms with Crippen molar-refractivity contribution in [2.24, 2.45) is 17.3 Å². The molecule has 2 atom stereocenters. The number of carboxylic acid groups (broad SMARTS) is 1. The Bertz CT molecular complexity index is 476. The van der Waals surface area contributed by atoms with Crippen molar-refractivity contribution in [1.29, 1.82) is 0 Å². The fraction of sp³-hybridized carbons (Fsp3) is 0.846. The molecule has 4 nitrogen and oxygen atoms in total. The number of hydrogen-bond acceptors (Lipinski definition) is 3. The molecule has 30 heavy (non-hydrogen) atoms. The number of ether oxygens (including phenoxy) is 1. The Hall–Kier alpha value is -1.32. The first kappa shape index (κ1) is 28.7. The van der Waals surface area contributed by atoms with E-state index in [1.54, 1.807) is 0 Å². The van der Waals surface area contributed by atoms with Gasteiger partial charge in [-0.05, 0) is 37.0 Å². The Morgan fingerprint density at radius 3 is 2.13 bits per heavy atom. The van der Waals surface area contributed by atoms with E-state index in [4.69, 9.17) is 4.74 Å². The molecule has 0 heterocycles. The minimum atomic E-state index is -0.940. The summed E-state index contributed by atoms with van der Waals surface area (Å²) in [6, 6.07) is 0. The highest BCUT2D eigenvalue weighted by molar-refractivity contribution is 5.79. The van der Waals surface area contributed by atoms with Gasteiger partial charge in [-0.15, -0.1) is 0 Å². The van der Waals surface area contributed by atoms with Crippen molar-refractivity contribution in [2.75, 3.05) is 7.11 Å². The van der Waals surface area contributed by atoms with Gasteiger partial charge in [0.25, 0.3) is 0 Å². The van der Waals surface area contributed by atoms with Gasteiger partial charge in [-0.3, -0.25) is 9.59 Å². The third-order valence-electron chi connectivity index (χ3n) is 5.74. The van der Waals surface area contributed by atoms with E-state index in [2.05, 4.69) is 39.8 Å². The van der Waals surface area contributed by atoms with Crippen LogP contribution in [0.5, 0.6) is 0 Å². The summed E-state index contributed by atoms with van der Waals surface area (Å²) in [7, 11) is 1.35. The van der Waals surface area contributed by atoms with Crippen molar-refractivity contribution in [1.82, 2.24) is 0 Å². The first-order valence-corrected chi connectivity index (χ1v) is 12.2. The molecule has 0 radical (unpaired) electrons. The second-order valence-corrected chi connectivity index (χ2v) is 9.89. The van der Waals surface area contributed by atoms with Crippen LogP contribution in [0.25, 0.3) is 0 Å². The molecule has 0 saturated heterocycles. The fourth-order valence-electron chi connectivity index (χ4n) is 3.88. The molecular weight excluding hydrogens is 376 g/mol. The van der Waals surface area contributed by atoms with Gasteiger partial charge in [0.05, 0.1) is 19.4 Å². The summed E-state index contributed by atoms with van der Waals surface area (Å²) < 4.78 is 4.91. The van der Waals surface area contributed by atoms with Crippen LogP contribution in [0.15, 0.2) is 12.2 Å². The van der Waals surface area contributed by atoms with E-state index in [0.717, 1.165) is 32.1 Å². The van der Waals surface area contributed by atoms with Crippen LogP contribution in [0.2, 0.25) is 0 Å². The third-order valence-corrected chi connectivity index (χ3v) is 5.74. The lowest BCUT2D eigenvalue weighted by atomic mass is 9.84. The number of rotatable bonds is 18. The average Bonchev–Trinajstić information content (AvgIpc) is 2.67. The summed E-state index contributed by atoms with van der Waals surface area (Å²) in [5.41, 5.74) is 0.431. The zero-order valence-electron chi connectivity index (χ0n) is 20.4. The van der Waals surface area contributed by atoms with Gasteiger partial charge in [0.1, 0.15) is 0 Å². The van der Waals surface area contributed by atoms with Crippen LogP contribution in [-0.2, 0) is 14.3 Å². The second-order valence-electron chi connectivity index (χ2n) is 9.89. The number of carbonyl (C=O) groups excluding carboxylic acids is 1. The van der Waals surface area contributed by atoms with Crippen LogP contribution in [-0.4, -0.2) is 24.2 Å². The molecule has 0 aliphatic carbocycles. The van der Waals surface area contributed by atoms with Crippen molar-refractivity contribution >= 4 is 11.9 Å². The molecule has 0 spiro atoms. The standard InChI is InChI=1S/C26H48O4/c1-6-7-8-12-15-18-22(23(21-24(27)28)25(29)30-5)19-16-13-10-9-11-14-17-20-26(2,3)4/h16,19,22-23H,6-15,17-18,20-21H2,1-5H3,(H,27,28)/b19-16+. The number of carbonyl (C=O) groups is 2. The van der Waals surface area contributed by atoms with E-state index in [0.29, 0.717) is 5.41 Å². The maximum Gasteiger partial charge on any atom is 0.309 e. The number of hydrogen-bond donors (Lipinski definition) is 1. The molecule has 4 heteroatoms.